The van der Waals surface area contributed by atoms with Crippen molar-refractivity contribution in [2.75, 3.05) is 11.9 Å². The standard InChI is InChI=1S/C11H13N3O2/c1-7(11(15)16)14(2)8-3-4-9-10(5-8)13-6-12-9/h3-7H,1-2H3,(H,12,13)(H,15,16). The largest absolute Gasteiger partial charge is 0.480 e. The molecule has 5 heteroatoms. The highest BCUT2D eigenvalue weighted by molar-refractivity contribution is 5.82. The first-order valence-corrected chi connectivity index (χ1v) is 4.98. The van der Waals surface area contributed by atoms with Crippen LogP contribution in [-0.4, -0.2) is 34.1 Å². The number of imidazole rings is 1. The van der Waals surface area contributed by atoms with Crippen LogP contribution in [0, 0.1) is 0 Å². The van der Waals surface area contributed by atoms with Crippen molar-refractivity contribution in [3.8, 4) is 0 Å². The first kappa shape index (κ1) is 10.5. The highest BCUT2D eigenvalue weighted by Gasteiger charge is 2.17. The second-order valence-electron chi connectivity index (χ2n) is 3.73. The summed E-state index contributed by atoms with van der Waals surface area (Å²) in [5.41, 5.74) is 2.63. The van der Waals surface area contributed by atoms with Crippen molar-refractivity contribution in [1.82, 2.24) is 9.97 Å². The van der Waals surface area contributed by atoms with Gasteiger partial charge in [-0.1, -0.05) is 0 Å². The van der Waals surface area contributed by atoms with E-state index >= 15 is 0 Å². The Balaban J connectivity index is 2.35. The number of rotatable bonds is 3. The molecule has 2 rings (SSSR count). The molecule has 0 saturated carbocycles. The summed E-state index contributed by atoms with van der Waals surface area (Å²) in [5.74, 6) is -0.841. The van der Waals surface area contributed by atoms with Gasteiger partial charge >= 0.3 is 5.97 Å². The Bertz CT molecular complexity index is 521. The van der Waals surface area contributed by atoms with Crippen LogP contribution in [0.5, 0.6) is 0 Å². The molecule has 0 saturated heterocycles. The third kappa shape index (κ3) is 1.71. The molecule has 1 unspecified atom stereocenters. The zero-order chi connectivity index (χ0) is 11.7. The van der Waals surface area contributed by atoms with E-state index in [2.05, 4.69) is 9.97 Å². The van der Waals surface area contributed by atoms with Crippen molar-refractivity contribution in [3.05, 3.63) is 24.5 Å². The van der Waals surface area contributed by atoms with E-state index in [9.17, 15) is 4.79 Å². The fraction of sp³-hybridized carbons (Fsp3) is 0.273. The minimum Gasteiger partial charge on any atom is -0.480 e. The number of nitrogens with one attached hydrogen (secondary N) is 1. The Labute approximate surface area is 92.7 Å². The van der Waals surface area contributed by atoms with Crippen molar-refractivity contribution in [1.29, 1.82) is 0 Å². The van der Waals surface area contributed by atoms with Gasteiger partial charge in [0.05, 0.1) is 17.4 Å². The summed E-state index contributed by atoms with van der Waals surface area (Å²) in [6.07, 6.45) is 1.62. The normalized spacial score (nSPS) is 12.6. The van der Waals surface area contributed by atoms with E-state index in [0.717, 1.165) is 16.7 Å². The number of carbonyl (C=O) groups is 1. The number of hydrogen-bond acceptors (Lipinski definition) is 3. The molecule has 2 N–H and O–H groups in total. The molecule has 0 spiro atoms. The highest BCUT2D eigenvalue weighted by Crippen LogP contribution is 2.20. The summed E-state index contributed by atoms with van der Waals surface area (Å²) in [5, 5.41) is 8.93. The molecule has 0 aliphatic rings. The molecule has 0 aliphatic heterocycles. The van der Waals surface area contributed by atoms with Gasteiger partial charge in [0.2, 0.25) is 0 Å². The molecule has 1 aromatic heterocycles. The monoisotopic (exact) mass is 219 g/mol. The zero-order valence-electron chi connectivity index (χ0n) is 9.14. The molecule has 84 valence electrons. The van der Waals surface area contributed by atoms with Crippen LogP contribution in [0.15, 0.2) is 24.5 Å². The average Bonchev–Trinajstić information content (AvgIpc) is 2.73. The molecule has 0 amide bonds. The number of H-pyrrole nitrogens is 1. The molecular formula is C11H13N3O2. The average molecular weight is 219 g/mol. The molecule has 1 aromatic carbocycles. The second kappa shape index (κ2) is 3.84. The number of aromatic amines is 1. The number of carboxylic acids is 1. The van der Waals surface area contributed by atoms with Gasteiger partial charge in [0.25, 0.3) is 0 Å². The van der Waals surface area contributed by atoms with Crippen LogP contribution < -0.4 is 4.90 Å². The van der Waals surface area contributed by atoms with Crippen LogP contribution in [0.25, 0.3) is 11.0 Å². The first-order chi connectivity index (χ1) is 7.59. The Hall–Kier alpha value is -2.04. The fourth-order valence-electron chi connectivity index (χ4n) is 1.53. The number of carboxylic acid groups (broad SMARTS) is 1. The van der Waals surface area contributed by atoms with Gasteiger partial charge in [-0.05, 0) is 25.1 Å². The number of aliphatic carboxylic acids is 1. The Kier molecular flexibility index (Phi) is 2.52. The quantitative estimate of drug-likeness (QED) is 0.820. The van der Waals surface area contributed by atoms with Crippen molar-refractivity contribution in [2.24, 2.45) is 0 Å². The highest BCUT2D eigenvalue weighted by atomic mass is 16.4. The van der Waals surface area contributed by atoms with Crippen LogP contribution in [-0.2, 0) is 4.79 Å². The Morgan fingerprint density at radius 3 is 3.00 bits per heavy atom. The van der Waals surface area contributed by atoms with Crippen LogP contribution >= 0.6 is 0 Å². The van der Waals surface area contributed by atoms with Crippen molar-refractivity contribution in [2.45, 2.75) is 13.0 Å². The van der Waals surface area contributed by atoms with E-state index in [1.165, 1.54) is 0 Å². The second-order valence-corrected chi connectivity index (χ2v) is 3.73. The van der Waals surface area contributed by atoms with Gasteiger partial charge in [-0.15, -0.1) is 0 Å². The topological polar surface area (TPSA) is 69.2 Å². The maximum Gasteiger partial charge on any atom is 0.326 e. The first-order valence-electron chi connectivity index (χ1n) is 4.98. The molecule has 0 radical (unpaired) electrons. The van der Waals surface area contributed by atoms with E-state index < -0.39 is 12.0 Å². The summed E-state index contributed by atoms with van der Waals surface area (Å²) in [6.45, 7) is 1.65. The Morgan fingerprint density at radius 1 is 1.56 bits per heavy atom. The van der Waals surface area contributed by atoms with Crippen molar-refractivity contribution >= 4 is 22.7 Å². The maximum atomic E-state index is 10.9. The molecule has 0 aliphatic carbocycles. The van der Waals surface area contributed by atoms with Gasteiger partial charge in [0, 0.05) is 12.7 Å². The number of anilines is 1. The molecule has 5 nitrogen and oxygen atoms in total. The number of benzene rings is 1. The smallest absolute Gasteiger partial charge is 0.326 e. The van der Waals surface area contributed by atoms with Gasteiger partial charge < -0.3 is 15.0 Å². The number of nitrogens with zero attached hydrogens (tertiary/aromatic N) is 2. The summed E-state index contributed by atoms with van der Waals surface area (Å²) >= 11 is 0. The molecule has 1 heterocycles. The number of hydrogen-bond donors (Lipinski definition) is 2. The maximum absolute atomic E-state index is 10.9. The van der Waals surface area contributed by atoms with E-state index in [-0.39, 0.29) is 0 Å². The zero-order valence-corrected chi connectivity index (χ0v) is 9.14. The third-order valence-electron chi connectivity index (χ3n) is 2.75. The van der Waals surface area contributed by atoms with Crippen LogP contribution in [0.4, 0.5) is 5.69 Å². The third-order valence-corrected chi connectivity index (χ3v) is 2.75. The fourth-order valence-corrected chi connectivity index (χ4v) is 1.53. The van der Waals surface area contributed by atoms with Gasteiger partial charge in [-0.3, -0.25) is 0 Å². The van der Waals surface area contributed by atoms with Crippen LogP contribution in [0.2, 0.25) is 0 Å². The SMILES string of the molecule is CC(C(=O)O)N(C)c1ccc2nc[nH]c2c1. The van der Waals surface area contributed by atoms with Crippen LogP contribution in [0.1, 0.15) is 6.92 Å². The van der Waals surface area contributed by atoms with Gasteiger partial charge in [-0.2, -0.15) is 0 Å². The lowest BCUT2D eigenvalue weighted by atomic mass is 10.2. The summed E-state index contributed by atoms with van der Waals surface area (Å²) in [7, 11) is 1.76. The lowest BCUT2D eigenvalue weighted by Crippen LogP contribution is -2.35. The van der Waals surface area contributed by atoms with E-state index in [0.29, 0.717) is 0 Å². The van der Waals surface area contributed by atoms with Gasteiger partial charge in [0.15, 0.2) is 0 Å². The number of likely N-dealkylation sites (N-methyl/N-ethyl adjacent to an activating group) is 1. The van der Waals surface area contributed by atoms with E-state index in [1.807, 2.05) is 18.2 Å². The van der Waals surface area contributed by atoms with Gasteiger partial charge in [-0.25, -0.2) is 9.78 Å². The predicted molar refractivity (Wildman–Crippen MR) is 61.6 cm³/mol. The molecule has 1 atom stereocenters. The van der Waals surface area contributed by atoms with Crippen molar-refractivity contribution < 1.29 is 9.90 Å². The van der Waals surface area contributed by atoms with E-state index in [4.69, 9.17) is 5.11 Å². The lowest BCUT2D eigenvalue weighted by Gasteiger charge is -2.23. The summed E-state index contributed by atoms with van der Waals surface area (Å²) in [4.78, 5) is 19.7. The molecule has 2 aromatic rings. The number of aromatic nitrogens is 2. The summed E-state index contributed by atoms with van der Waals surface area (Å²) in [6, 6.07) is 5.07. The molecule has 0 fully saturated rings. The minimum atomic E-state index is -0.841. The van der Waals surface area contributed by atoms with Gasteiger partial charge in [0.1, 0.15) is 6.04 Å². The van der Waals surface area contributed by atoms with E-state index in [1.54, 1.807) is 25.2 Å². The lowest BCUT2D eigenvalue weighted by molar-refractivity contribution is -0.138. The minimum absolute atomic E-state index is 0.555. The molecular weight excluding hydrogens is 206 g/mol. The molecule has 16 heavy (non-hydrogen) atoms. The summed E-state index contributed by atoms with van der Waals surface area (Å²) < 4.78 is 0. The van der Waals surface area contributed by atoms with Crippen LogP contribution in [0.3, 0.4) is 0 Å². The Morgan fingerprint density at radius 2 is 2.31 bits per heavy atom. The molecule has 0 bridgehead atoms. The number of fused-ring (bicyclic) bond motifs is 1. The van der Waals surface area contributed by atoms with Crippen molar-refractivity contribution in [3.63, 3.8) is 0 Å². The predicted octanol–water partition coefficient (Wildman–Crippen LogP) is 1.47.